The Hall–Kier alpha value is -3.41. The summed E-state index contributed by atoms with van der Waals surface area (Å²) < 4.78 is 0. The van der Waals surface area contributed by atoms with Crippen LogP contribution in [0.1, 0.15) is 18.9 Å². The number of rotatable bonds is 4. The van der Waals surface area contributed by atoms with Crippen molar-refractivity contribution in [3.63, 3.8) is 0 Å². The first-order valence-electron chi connectivity index (χ1n) is 8.56. The minimum atomic E-state index is -1.00. The SMILES string of the molecule is CC1=NN(C2=CC=C(C(=O)O)C=CC2)C(=O)/C1=C\c1ccc(N(C)C)cc1. The lowest BCUT2D eigenvalue weighted by Gasteiger charge is -2.14. The first-order valence-corrected chi connectivity index (χ1v) is 8.56. The van der Waals surface area contributed by atoms with Crippen LogP contribution in [0, 0.1) is 0 Å². The van der Waals surface area contributed by atoms with Gasteiger partial charge in [-0.2, -0.15) is 5.10 Å². The van der Waals surface area contributed by atoms with Crippen LogP contribution in [-0.2, 0) is 9.59 Å². The highest BCUT2D eigenvalue weighted by Gasteiger charge is 2.29. The van der Waals surface area contributed by atoms with Gasteiger partial charge in [-0.25, -0.2) is 9.80 Å². The maximum Gasteiger partial charge on any atom is 0.335 e. The molecule has 1 aliphatic heterocycles. The number of hydrazone groups is 1. The number of carbonyl (C=O) groups is 2. The molecular formula is C21H21N3O3. The molecule has 1 aromatic rings. The second-order valence-electron chi connectivity index (χ2n) is 6.54. The van der Waals surface area contributed by atoms with E-state index in [1.54, 1.807) is 19.1 Å². The fraction of sp³-hybridized carbons (Fsp3) is 0.190. The van der Waals surface area contributed by atoms with Crippen LogP contribution in [0.15, 0.2) is 70.5 Å². The Bertz CT molecular complexity index is 932. The quantitative estimate of drug-likeness (QED) is 0.834. The molecule has 1 heterocycles. The van der Waals surface area contributed by atoms with Crippen LogP contribution < -0.4 is 4.90 Å². The van der Waals surface area contributed by atoms with Crippen LogP contribution in [0.4, 0.5) is 5.69 Å². The zero-order chi connectivity index (χ0) is 19.6. The van der Waals surface area contributed by atoms with E-state index < -0.39 is 5.97 Å². The fourth-order valence-electron chi connectivity index (χ4n) is 2.83. The van der Waals surface area contributed by atoms with Crippen LogP contribution in [0.3, 0.4) is 0 Å². The number of carboxylic acid groups (broad SMARTS) is 1. The number of carboxylic acids is 1. The van der Waals surface area contributed by atoms with Crippen LogP contribution in [0.5, 0.6) is 0 Å². The second-order valence-corrected chi connectivity index (χ2v) is 6.54. The van der Waals surface area contributed by atoms with Crippen molar-refractivity contribution in [3.05, 3.63) is 71.0 Å². The standard InChI is InChI=1S/C21H21N3O3/c1-14-19(13-15-7-10-17(11-8-15)23(2)3)20(25)24(22-14)18-6-4-5-16(9-12-18)21(26)27/h4-5,7-13H,6H2,1-3H3,(H,26,27)/b19-13-. The van der Waals surface area contributed by atoms with Gasteiger partial charge in [-0.1, -0.05) is 24.3 Å². The minimum absolute atomic E-state index is 0.175. The maximum atomic E-state index is 12.9. The molecule has 1 aromatic carbocycles. The second kappa shape index (κ2) is 7.45. The van der Waals surface area contributed by atoms with Gasteiger partial charge in [0, 0.05) is 31.9 Å². The van der Waals surface area contributed by atoms with Gasteiger partial charge in [0.2, 0.25) is 0 Å². The zero-order valence-electron chi connectivity index (χ0n) is 15.5. The van der Waals surface area contributed by atoms with Crippen molar-refractivity contribution in [2.45, 2.75) is 13.3 Å². The lowest BCUT2D eigenvalue weighted by molar-refractivity contribution is -0.132. The Kier molecular flexibility index (Phi) is 5.07. The monoisotopic (exact) mass is 363 g/mol. The van der Waals surface area contributed by atoms with Crippen molar-refractivity contribution in [3.8, 4) is 0 Å². The molecule has 27 heavy (non-hydrogen) atoms. The third-order valence-corrected chi connectivity index (χ3v) is 4.38. The predicted molar refractivity (Wildman–Crippen MR) is 106 cm³/mol. The molecule has 6 heteroatoms. The highest BCUT2D eigenvalue weighted by molar-refractivity contribution is 6.27. The number of hydrogen-bond donors (Lipinski definition) is 1. The van der Waals surface area contributed by atoms with Crippen LogP contribution in [0.25, 0.3) is 6.08 Å². The molecule has 0 atom stereocenters. The molecule has 0 unspecified atom stereocenters. The molecule has 0 fully saturated rings. The van der Waals surface area contributed by atoms with Crippen LogP contribution >= 0.6 is 0 Å². The van der Waals surface area contributed by atoms with Gasteiger partial charge in [0.1, 0.15) is 0 Å². The Morgan fingerprint density at radius 2 is 1.93 bits per heavy atom. The predicted octanol–water partition coefficient (Wildman–Crippen LogP) is 3.21. The van der Waals surface area contributed by atoms with Gasteiger partial charge in [0.25, 0.3) is 5.91 Å². The summed E-state index contributed by atoms with van der Waals surface area (Å²) in [5, 5.41) is 14.8. The summed E-state index contributed by atoms with van der Waals surface area (Å²) >= 11 is 0. The summed E-state index contributed by atoms with van der Waals surface area (Å²) in [6.45, 7) is 1.80. The van der Waals surface area contributed by atoms with E-state index in [1.807, 2.05) is 49.3 Å². The number of aliphatic carboxylic acids is 1. The third kappa shape index (κ3) is 3.89. The molecule has 2 aliphatic rings. The summed E-state index contributed by atoms with van der Waals surface area (Å²) in [7, 11) is 3.95. The molecular weight excluding hydrogens is 342 g/mol. The van der Waals surface area contributed by atoms with Crippen molar-refractivity contribution in [1.29, 1.82) is 0 Å². The number of nitrogens with zero attached hydrogens (tertiary/aromatic N) is 3. The third-order valence-electron chi connectivity index (χ3n) is 4.38. The average Bonchev–Trinajstić information content (AvgIpc) is 2.82. The number of hydrogen-bond acceptors (Lipinski definition) is 4. The lowest BCUT2D eigenvalue weighted by Crippen LogP contribution is -2.21. The summed E-state index contributed by atoms with van der Waals surface area (Å²) in [4.78, 5) is 26.0. The molecule has 6 nitrogen and oxygen atoms in total. The van der Waals surface area contributed by atoms with Gasteiger partial charge in [-0.05, 0) is 42.8 Å². The molecule has 1 N–H and O–H groups in total. The molecule has 1 aliphatic carbocycles. The number of benzene rings is 1. The molecule has 3 rings (SSSR count). The van der Waals surface area contributed by atoms with E-state index in [9.17, 15) is 9.59 Å². The van der Waals surface area contributed by atoms with E-state index >= 15 is 0 Å². The number of allylic oxidation sites excluding steroid dienone is 3. The largest absolute Gasteiger partial charge is 0.478 e. The van der Waals surface area contributed by atoms with Gasteiger partial charge in [0.15, 0.2) is 0 Å². The molecule has 0 bridgehead atoms. The topological polar surface area (TPSA) is 73.2 Å². The lowest BCUT2D eigenvalue weighted by atomic mass is 10.1. The minimum Gasteiger partial charge on any atom is -0.478 e. The number of anilines is 1. The van der Waals surface area contributed by atoms with Crippen molar-refractivity contribution in [1.82, 2.24) is 5.01 Å². The molecule has 0 radical (unpaired) electrons. The van der Waals surface area contributed by atoms with Crippen LogP contribution in [0.2, 0.25) is 0 Å². The Balaban J connectivity index is 1.86. The Morgan fingerprint density at radius 3 is 2.56 bits per heavy atom. The van der Waals surface area contributed by atoms with Gasteiger partial charge in [0.05, 0.1) is 16.9 Å². The Morgan fingerprint density at radius 1 is 1.22 bits per heavy atom. The fourth-order valence-corrected chi connectivity index (χ4v) is 2.83. The first-order chi connectivity index (χ1) is 12.9. The van der Waals surface area contributed by atoms with Gasteiger partial charge in [-0.15, -0.1) is 0 Å². The molecule has 0 aromatic heterocycles. The number of amides is 1. The van der Waals surface area contributed by atoms with E-state index in [-0.39, 0.29) is 11.5 Å². The summed E-state index contributed by atoms with van der Waals surface area (Å²) in [5.74, 6) is -1.21. The number of carbonyl (C=O) groups excluding carboxylic acids is 1. The van der Waals surface area contributed by atoms with Gasteiger partial charge in [-0.3, -0.25) is 4.79 Å². The average molecular weight is 363 g/mol. The van der Waals surface area contributed by atoms with Gasteiger partial charge < -0.3 is 10.0 Å². The normalized spacial score (nSPS) is 18.2. The smallest absolute Gasteiger partial charge is 0.335 e. The molecule has 0 saturated heterocycles. The summed E-state index contributed by atoms with van der Waals surface area (Å²) in [6, 6.07) is 7.90. The van der Waals surface area contributed by atoms with Crippen molar-refractivity contribution < 1.29 is 14.7 Å². The molecule has 0 spiro atoms. The Labute approximate surface area is 158 Å². The van der Waals surface area contributed by atoms with Crippen molar-refractivity contribution >= 4 is 29.4 Å². The van der Waals surface area contributed by atoms with Crippen molar-refractivity contribution in [2.75, 3.05) is 19.0 Å². The van der Waals surface area contributed by atoms with E-state index in [4.69, 9.17) is 5.11 Å². The maximum absolute atomic E-state index is 12.9. The van der Waals surface area contributed by atoms with E-state index in [1.165, 1.54) is 17.2 Å². The molecule has 1 amide bonds. The van der Waals surface area contributed by atoms with E-state index in [0.29, 0.717) is 23.4 Å². The van der Waals surface area contributed by atoms with Crippen LogP contribution in [-0.4, -0.2) is 41.8 Å². The highest BCUT2D eigenvalue weighted by atomic mass is 16.4. The van der Waals surface area contributed by atoms with E-state index in [2.05, 4.69) is 5.10 Å². The van der Waals surface area contributed by atoms with Gasteiger partial charge >= 0.3 is 5.97 Å². The molecule has 138 valence electrons. The highest BCUT2D eigenvalue weighted by Crippen LogP contribution is 2.26. The van der Waals surface area contributed by atoms with E-state index in [0.717, 1.165) is 11.3 Å². The molecule has 0 saturated carbocycles. The summed E-state index contributed by atoms with van der Waals surface area (Å²) in [5.41, 5.74) is 3.98. The van der Waals surface area contributed by atoms with Crippen molar-refractivity contribution in [2.24, 2.45) is 5.10 Å². The summed E-state index contributed by atoms with van der Waals surface area (Å²) in [6.07, 6.45) is 8.63. The zero-order valence-corrected chi connectivity index (χ0v) is 15.5. The first kappa shape index (κ1) is 18.4.